The molecule has 0 N–H and O–H groups in total. The van der Waals surface area contributed by atoms with Crippen molar-refractivity contribution in [3.63, 3.8) is 0 Å². The van der Waals surface area contributed by atoms with Gasteiger partial charge in [0.2, 0.25) is 0 Å². The van der Waals surface area contributed by atoms with Gasteiger partial charge in [-0.3, -0.25) is 0 Å². The Labute approximate surface area is 362 Å². The molecule has 1 aromatic heterocycles. The van der Waals surface area contributed by atoms with E-state index in [-0.39, 0.29) is 0 Å². The third kappa shape index (κ3) is 4.65. The number of nitrogens with zero attached hydrogens (tertiary/aromatic N) is 1. The van der Waals surface area contributed by atoms with Gasteiger partial charge in [0, 0.05) is 11.1 Å². The van der Waals surface area contributed by atoms with Crippen LogP contribution in [0.25, 0.3) is 67.0 Å². The van der Waals surface area contributed by atoms with E-state index in [1.54, 1.807) is 0 Å². The molecule has 0 fully saturated rings. The van der Waals surface area contributed by atoms with E-state index in [0.29, 0.717) is 0 Å². The molecule has 0 radical (unpaired) electrons. The minimum Gasteiger partial charge on any atom is -0.248 e. The summed E-state index contributed by atoms with van der Waals surface area (Å²) in [5, 5.41) is 0. The molecule has 9 aromatic carbocycles. The molecule has 1 heterocycles. The van der Waals surface area contributed by atoms with Crippen molar-refractivity contribution in [2.24, 2.45) is 0 Å². The maximum absolute atomic E-state index is 5.39. The number of hydrogen-bond donors (Lipinski definition) is 0. The van der Waals surface area contributed by atoms with Crippen molar-refractivity contribution in [2.45, 2.75) is 10.8 Å². The average Bonchev–Trinajstić information content (AvgIpc) is 3.82. The van der Waals surface area contributed by atoms with Gasteiger partial charge in [-0.15, -0.1) is 0 Å². The lowest BCUT2D eigenvalue weighted by Gasteiger charge is -2.49. The molecule has 13 rings (SSSR count). The first-order valence-corrected chi connectivity index (χ1v) is 21.6. The summed E-state index contributed by atoms with van der Waals surface area (Å²) >= 11 is 0. The topological polar surface area (TPSA) is 12.9 Å². The predicted molar refractivity (Wildman–Crippen MR) is 254 cm³/mol. The highest BCUT2D eigenvalue weighted by atomic mass is 14.7. The molecule has 0 atom stereocenters. The van der Waals surface area contributed by atoms with Crippen LogP contribution in [0.1, 0.15) is 44.5 Å². The van der Waals surface area contributed by atoms with Crippen LogP contribution in [0.2, 0.25) is 0 Å². The minimum absolute atomic E-state index is 0.541. The molecule has 0 saturated carbocycles. The Balaban J connectivity index is 1.14. The molecule has 1 heteroatoms. The first-order chi connectivity index (χ1) is 30.8. The molecule has 2 spiro atoms. The van der Waals surface area contributed by atoms with Gasteiger partial charge in [0.15, 0.2) is 0 Å². The fraction of sp³-hybridized carbons (Fsp3) is 0.0328. The molecule has 0 amide bonds. The molecule has 10 aromatic rings. The van der Waals surface area contributed by atoms with Gasteiger partial charge in [-0.1, -0.05) is 218 Å². The Hall–Kier alpha value is -7.87. The van der Waals surface area contributed by atoms with Gasteiger partial charge in [-0.25, -0.2) is 4.98 Å². The summed E-state index contributed by atoms with van der Waals surface area (Å²) in [4.78, 5) is 5.39. The van der Waals surface area contributed by atoms with Crippen LogP contribution in [0.3, 0.4) is 0 Å². The number of benzene rings is 9. The van der Waals surface area contributed by atoms with E-state index in [1.807, 2.05) is 0 Å². The summed E-state index contributed by atoms with van der Waals surface area (Å²) in [5.41, 5.74) is 23.6. The Morgan fingerprint density at radius 2 is 0.597 bits per heavy atom. The lowest BCUT2D eigenvalue weighted by molar-refractivity contribution is 0.634. The lowest BCUT2D eigenvalue weighted by Crippen LogP contribution is -2.44. The second-order valence-corrected chi connectivity index (χ2v) is 16.9. The predicted octanol–water partition coefficient (Wildman–Crippen LogP) is 14.8. The summed E-state index contributed by atoms with van der Waals surface area (Å²) < 4.78 is 0. The van der Waals surface area contributed by atoms with E-state index < -0.39 is 10.8 Å². The van der Waals surface area contributed by atoms with E-state index >= 15 is 0 Å². The zero-order chi connectivity index (χ0) is 40.8. The minimum atomic E-state index is -0.588. The van der Waals surface area contributed by atoms with Crippen molar-refractivity contribution in [2.75, 3.05) is 0 Å². The first kappa shape index (κ1) is 34.9. The van der Waals surface area contributed by atoms with Crippen molar-refractivity contribution >= 4 is 0 Å². The van der Waals surface area contributed by atoms with Gasteiger partial charge < -0.3 is 0 Å². The first-order valence-electron chi connectivity index (χ1n) is 21.6. The van der Waals surface area contributed by atoms with E-state index in [2.05, 4.69) is 237 Å². The maximum Gasteiger partial charge on any atom is 0.0725 e. The van der Waals surface area contributed by atoms with Gasteiger partial charge in [0.1, 0.15) is 0 Å². The summed E-state index contributed by atoms with van der Waals surface area (Å²) in [6, 6.07) is 87.9. The summed E-state index contributed by atoms with van der Waals surface area (Å²) in [5.74, 6) is 0. The van der Waals surface area contributed by atoms with E-state index in [4.69, 9.17) is 4.98 Å². The number of fused-ring (bicyclic) bond motifs is 16. The standard InChI is InChI=1S/C61H39N/c1-3-19-40(20-4-1)44-38-57(41-21-5-2-6-22-41)62-58(39-44)43-24-17-23-42(37-43)45-29-18-36-56-59(45)61(52-32-13-9-27-48(52)49-28-10-14-33-53(49)61)55-35-16-15-34-54(55)60(56)50-30-11-7-25-46(50)47-26-8-12-31-51(47)60/h1-39H. The van der Waals surface area contributed by atoms with Crippen LogP contribution >= 0.6 is 0 Å². The Kier molecular flexibility index (Phi) is 7.50. The monoisotopic (exact) mass is 785 g/mol. The fourth-order valence-electron chi connectivity index (χ4n) is 11.6. The number of pyridine rings is 1. The number of aromatic nitrogens is 1. The molecule has 0 unspecified atom stereocenters. The van der Waals surface area contributed by atoms with Gasteiger partial charge >= 0.3 is 0 Å². The van der Waals surface area contributed by atoms with Crippen LogP contribution in [-0.4, -0.2) is 4.98 Å². The van der Waals surface area contributed by atoms with Crippen LogP contribution in [0, 0.1) is 0 Å². The molecule has 288 valence electrons. The summed E-state index contributed by atoms with van der Waals surface area (Å²) in [7, 11) is 0. The van der Waals surface area contributed by atoms with E-state index in [9.17, 15) is 0 Å². The van der Waals surface area contributed by atoms with Crippen LogP contribution in [0.5, 0.6) is 0 Å². The van der Waals surface area contributed by atoms with Crippen LogP contribution in [0.15, 0.2) is 237 Å². The van der Waals surface area contributed by atoms with Crippen LogP contribution in [-0.2, 0) is 10.8 Å². The highest BCUT2D eigenvalue weighted by Crippen LogP contribution is 2.68. The summed E-state index contributed by atoms with van der Waals surface area (Å²) in [6.07, 6.45) is 0. The smallest absolute Gasteiger partial charge is 0.0725 e. The van der Waals surface area contributed by atoms with Crippen molar-refractivity contribution in [1.29, 1.82) is 0 Å². The number of hydrogen-bond acceptors (Lipinski definition) is 1. The number of rotatable bonds is 4. The Morgan fingerprint density at radius 1 is 0.226 bits per heavy atom. The molecule has 3 aliphatic carbocycles. The molecule has 0 saturated heterocycles. The molecule has 1 nitrogen and oxygen atoms in total. The van der Waals surface area contributed by atoms with E-state index in [1.165, 1.54) is 83.5 Å². The third-order valence-corrected chi connectivity index (χ3v) is 14.0. The van der Waals surface area contributed by atoms with Crippen LogP contribution < -0.4 is 0 Å². The zero-order valence-corrected chi connectivity index (χ0v) is 34.0. The normalized spacial score (nSPS) is 14.1. The van der Waals surface area contributed by atoms with Crippen molar-refractivity contribution < 1.29 is 0 Å². The molecule has 0 aliphatic heterocycles. The van der Waals surface area contributed by atoms with Gasteiger partial charge in [0.25, 0.3) is 0 Å². The molecule has 3 aliphatic rings. The molecular formula is C61H39N. The van der Waals surface area contributed by atoms with E-state index in [0.717, 1.165) is 28.1 Å². The largest absolute Gasteiger partial charge is 0.248 e. The highest BCUT2D eigenvalue weighted by molar-refractivity contribution is 5.96. The highest BCUT2D eigenvalue weighted by Gasteiger charge is 2.59. The zero-order valence-electron chi connectivity index (χ0n) is 34.0. The van der Waals surface area contributed by atoms with Gasteiger partial charge in [0.05, 0.1) is 22.2 Å². The Morgan fingerprint density at radius 3 is 1.16 bits per heavy atom. The molecule has 0 bridgehead atoms. The Bertz CT molecular complexity index is 3260. The van der Waals surface area contributed by atoms with Crippen molar-refractivity contribution in [3.8, 4) is 67.0 Å². The molecule has 62 heavy (non-hydrogen) atoms. The summed E-state index contributed by atoms with van der Waals surface area (Å²) in [6.45, 7) is 0. The SMILES string of the molecule is c1ccc(-c2cc(-c3ccccc3)nc(-c3cccc(-c4cccc5c4C4(c6ccccc6-c6ccccc64)c4ccccc4C54c5ccccc5-c5ccccc54)c3)c2)cc1. The maximum atomic E-state index is 5.39. The van der Waals surface area contributed by atoms with Gasteiger partial charge in [-0.2, -0.15) is 0 Å². The van der Waals surface area contributed by atoms with Crippen molar-refractivity contribution in [1.82, 2.24) is 4.98 Å². The second kappa shape index (κ2) is 13.3. The van der Waals surface area contributed by atoms with Gasteiger partial charge in [-0.05, 0) is 107 Å². The third-order valence-electron chi connectivity index (χ3n) is 14.0. The van der Waals surface area contributed by atoms with Crippen LogP contribution in [0.4, 0.5) is 0 Å². The molecular weight excluding hydrogens is 747 g/mol. The van der Waals surface area contributed by atoms with Crippen molar-refractivity contribution in [3.05, 3.63) is 281 Å². The second-order valence-electron chi connectivity index (χ2n) is 16.9. The quantitative estimate of drug-likeness (QED) is 0.173. The average molecular weight is 786 g/mol. The fourth-order valence-corrected chi connectivity index (χ4v) is 11.6. The lowest BCUT2D eigenvalue weighted by atomic mass is 9.51.